The molecule has 4 aliphatic carbocycles. The number of amides is 2. The van der Waals surface area contributed by atoms with Crippen LogP contribution in [0.5, 0.6) is 0 Å². The van der Waals surface area contributed by atoms with Crippen LogP contribution < -0.4 is 5.32 Å². The van der Waals surface area contributed by atoms with Crippen molar-refractivity contribution < 1.29 is 23.5 Å². The summed E-state index contributed by atoms with van der Waals surface area (Å²) in [5.74, 6) is 0.745. The number of likely N-dealkylation sites (N-methyl/N-ethyl adjacent to an activating group) is 1. The molecule has 0 unspecified atom stereocenters. The number of hydrogen-bond donors (Lipinski definition) is 1. The molecular formula is C23H29FN2O4. The summed E-state index contributed by atoms with van der Waals surface area (Å²) < 4.78 is 18.2. The van der Waals surface area contributed by atoms with E-state index in [1.165, 1.54) is 55.5 Å². The normalized spacial score (nSPS) is 28.8. The minimum absolute atomic E-state index is 0.0792. The number of nitrogens with one attached hydrogen (secondary N) is 1. The second-order valence-electron chi connectivity index (χ2n) is 9.56. The molecule has 162 valence electrons. The SMILES string of the molecule is CN(CC(=O)Nc1ccc(F)cc1)C(=O)COC(=O)CC12CC3CC(CC(C3)C1)C2. The van der Waals surface area contributed by atoms with Crippen molar-refractivity contribution in [1.29, 1.82) is 0 Å². The third kappa shape index (κ3) is 4.82. The van der Waals surface area contributed by atoms with E-state index in [0.29, 0.717) is 12.1 Å². The van der Waals surface area contributed by atoms with Gasteiger partial charge in [0.05, 0.1) is 13.0 Å². The molecule has 0 aromatic heterocycles. The maximum atomic E-state index is 12.9. The van der Waals surface area contributed by atoms with Crippen LogP contribution in [-0.4, -0.2) is 42.9 Å². The van der Waals surface area contributed by atoms with E-state index in [-0.39, 0.29) is 24.5 Å². The van der Waals surface area contributed by atoms with Gasteiger partial charge in [0.15, 0.2) is 6.61 Å². The van der Waals surface area contributed by atoms with Crippen LogP contribution in [0.15, 0.2) is 24.3 Å². The van der Waals surface area contributed by atoms with Gasteiger partial charge in [0.2, 0.25) is 5.91 Å². The van der Waals surface area contributed by atoms with Gasteiger partial charge < -0.3 is 15.0 Å². The molecule has 1 aromatic rings. The highest BCUT2D eigenvalue weighted by atomic mass is 19.1. The minimum Gasteiger partial charge on any atom is -0.456 e. The lowest BCUT2D eigenvalue weighted by Gasteiger charge is -2.56. The zero-order chi connectivity index (χ0) is 21.3. The molecule has 4 aliphatic rings. The van der Waals surface area contributed by atoms with Crippen LogP contribution in [0.3, 0.4) is 0 Å². The summed E-state index contributed by atoms with van der Waals surface area (Å²) >= 11 is 0. The quantitative estimate of drug-likeness (QED) is 0.692. The van der Waals surface area contributed by atoms with Crippen LogP contribution in [0.4, 0.5) is 10.1 Å². The number of ether oxygens (including phenoxy) is 1. The highest BCUT2D eigenvalue weighted by Crippen LogP contribution is 2.61. The van der Waals surface area contributed by atoms with Gasteiger partial charge in [0.25, 0.3) is 5.91 Å². The standard InChI is InChI=1S/C23H29FN2O4/c1-26(13-20(27)25-19-4-2-18(24)3-5-19)21(28)14-30-22(29)12-23-9-15-6-16(10-23)8-17(7-15)11-23/h2-5,15-17H,6-14H2,1H3,(H,25,27). The number of carbonyl (C=O) groups excluding carboxylic acids is 3. The lowest BCUT2D eigenvalue weighted by molar-refractivity contribution is -0.157. The number of halogens is 1. The molecule has 0 atom stereocenters. The fourth-order valence-electron chi connectivity index (χ4n) is 6.15. The molecule has 0 aliphatic heterocycles. The second-order valence-corrected chi connectivity index (χ2v) is 9.56. The molecule has 0 heterocycles. The number of hydrogen-bond acceptors (Lipinski definition) is 4. The molecule has 7 heteroatoms. The number of nitrogens with zero attached hydrogens (tertiary/aromatic N) is 1. The predicted molar refractivity (Wildman–Crippen MR) is 109 cm³/mol. The first-order valence-corrected chi connectivity index (χ1v) is 10.8. The van der Waals surface area contributed by atoms with Crippen LogP contribution in [-0.2, 0) is 19.1 Å². The van der Waals surface area contributed by atoms with E-state index >= 15 is 0 Å². The van der Waals surface area contributed by atoms with Gasteiger partial charge in [-0.05, 0) is 86.0 Å². The van der Waals surface area contributed by atoms with Crippen LogP contribution in [0.2, 0.25) is 0 Å². The van der Waals surface area contributed by atoms with Gasteiger partial charge >= 0.3 is 5.97 Å². The molecule has 1 aromatic carbocycles. The largest absolute Gasteiger partial charge is 0.456 e. The molecule has 4 fully saturated rings. The smallest absolute Gasteiger partial charge is 0.306 e. The third-order valence-corrected chi connectivity index (χ3v) is 6.98. The first-order valence-electron chi connectivity index (χ1n) is 10.8. The highest BCUT2D eigenvalue weighted by molar-refractivity contribution is 5.94. The number of carbonyl (C=O) groups is 3. The Morgan fingerprint density at radius 1 is 1.07 bits per heavy atom. The summed E-state index contributed by atoms with van der Waals surface area (Å²) in [4.78, 5) is 38.0. The van der Waals surface area contributed by atoms with Crippen molar-refractivity contribution in [2.75, 3.05) is 25.5 Å². The summed E-state index contributed by atoms with van der Waals surface area (Å²) in [5.41, 5.74) is 0.528. The fraction of sp³-hybridized carbons (Fsp3) is 0.609. The van der Waals surface area contributed by atoms with Gasteiger partial charge in [0, 0.05) is 12.7 Å². The van der Waals surface area contributed by atoms with E-state index in [9.17, 15) is 18.8 Å². The molecular weight excluding hydrogens is 387 g/mol. The number of benzene rings is 1. The Hall–Kier alpha value is -2.44. The molecule has 0 saturated heterocycles. The zero-order valence-corrected chi connectivity index (χ0v) is 17.4. The van der Waals surface area contributed by atoms with Crippen LogP contribution in [0.1, 0.15) is 44.9 Å². The van der Waals surface area contributed by atoms with Crippen LogP contribution >= 0.6 is 0 Å². The molecule has 4 bridgehead atoms. The molecule has 0 spiro atoms. The first kappa shape index (κ1) is 20.8. The Morgan fingerprint density at radius 2 is 1.63 bits per heavy atom. The van der Waals surface area contributed by atoms with Gasteiger partial charge in [-0.15, -0.1) is 0 Å². The predicted octanol–water partition coefficient (Wildman–Crippen LogP) is 3.37. The van der Waals surface area contributed by atoms with Gasteiger partial charge in [-0.2, -0.15) is 0 Å². The monoisotopic (exact) mass is 416 g/mol. The molecule has 6 nitrogen and oxygen atoms in total. The van der Waals surface area contributed by atoms with Gasteiger partial charge in [-0.3, -0.25) is 14.4 Å². The lowest BCUT2D eigenvalue weighted by Crippen LogP contribution is -2.47. The average molecular weight is 416 g/mol. The minimum atomic E-state index is -0.428. The number of esters is 1. The van der Waals surface area contributed by atoms with E-state index in [2.05, 4.69) is 5.32 Å². The fourth-order valence-corrected chi connectivity index (χ4v) is 6.15. The highest BCUT2D eigenvalue weighted by Gasteiger charge is 2.51. The Balaban J connectivity index is 1.20. The second kappa shape index (κ2) is 8.36. The van der Waals surface area contributed by atoms with Crippen LogP contribution in [0.25, 0.3) is 0 Å². The molecule has 4 saturated carbocycles. The van der Waals surface area contributed by atoms with Gasteiger partial charge in [-0.1, -0.05) is 0 Å². The summed E-state index contributed by atoms with van der Waals surface area (Å²) in [7, 11) is 1.49. The summed E-state index contributed by atoms with van der Waals surface area (Å²) in [6, 6.07) is 5.38. The molecule has 1 N–H and O–H groups in total. The van der Waals surface area contributed by atoms with Crippen LogP contribution in [0, 0.1) is 29.0 Å². The van der Waals surface area contributed by atoms with Crippen molar-refractivity contribution in [3.05, 3.63) is 30.1 Å². The first-order chi connectivity index (χ1) is 14.3. The van der Waals surface area contributed by atoms with Crippen molar-refractivity contribution in [2.45, 2.75) is 44.9 Å². The summed E-state index contributed by atoms with van der Waals surface area (Å²) in [5, 5.41) is 2.60. The molecule has 2 amide bonds. The van der Waals surface area contributed by atoms with E-state index in [4.69, 9.17) is 4.74 Å². The Labute approximate surface area is 176 Å². The summed E-state index contributed by atoms with van der Waals surface area (Å²) in [6.45, 7) is -0.533. The van der Waals surface area contributed by atoms with Crippen molar-refractivity contribution in [3.8, 4) is 0 Å². The third-order valence-electron chi connectivity index (χ3n) is 6.98. The molecule has 5 rings (SSSR count). The van der Waals surface area contributed by atoms with Crippen molar-refractivity contribution in [1.82, 2.24) is 4.90 Å². The maximum Gasteiger partial charge on any atom is 0.306 e. The Kier molecular flexibility index (Phi) is 5.80. The van der Waals surface area contributed by atoms with Crippen molar-refractivity contribution in [3.63, 3.8) is 0 Å². The summed E-state index contributed by atoms with van der Waals surface area (Å²) in [6.07, 6.45) is 7.70. The van der Waals surface area contributed by atoms with E-state index in [0.717, 1.165) is 37.0 Å². The number of rotatable bonds is 7. The molecule has 0 radical (unpaired) electrons. The van der Waals surface area contributed by atoms with E-state index in [1.54, 1.807) is 0 Å². The lowest BCUT2D eigenvalue weighted by atomic mass is 9.49. The van der Waals surface area contributed by atoms with Gasteiger partial charge in [0.1, 0.15) is 5.82 Å². The van der Waals surface area contributed by atoms with Gasteiger partial charge in [-0.25, -0.2) is 4.39 Å². The average Bonchev–Trinajstić information content (AvgIpc) is 2.66. The van der Waals surface area contributed by atoms with E-state index < -0.39 is 17.6 Å². The zero-order valence-electron chi connectivity index (χ0n) is 17.4. The Bertz CT molecular complexity index is 788. The van der Waals surface area contributed by atoms with Crippen molar-refractivity contribution >= 4 is 23.5 Å². The molecule has 30 heavy (non-hydrogen) atoms. The Morgan fingerprint density at radius 3 is 2.20 bits per heavy atom. The van der Waals surface area contributed by atoms with Crippen molar-refractivity contribution in [2.24, 2.45) is 23.2 Å². The number of anilines is 1. The maximum absolute atomic E-state index is 12.9. The topological polar surface area (TPSA) is 75.7 Å². The van der Waals surface area contributed by atoms with E-state index in [1.807, 2.05) is 0 Å².